The highest BCUT2D eigenvalue weighted by Gasteiger charge is 2.06. The topological polar surface area (TPSA) is 15.8 Å². The maximum absolute atomic E-state index is 4.44. The van der Waals surface area contributed by atoms with Crippen LogP contribution in [0.2, 0.25) is 0 Å². The molecule has 0 aliphatic rings. The van der Waals surface area contributed by atoms with Crippen LogP contribution in [0.25, 0.3) is 21.8 Å². The molecule has 2 aromatic carbocycles. The monoisotopic (exact) mass is 213 g/mol. The van der Waals surface area contributed by atoms with Gasteiger partial charge in [-0.05, 0) is 24.6 Å². The minimum Gasteiger partial charge on any atom is -0.354 e. The van der Waals surface area contributed by atoms with Gasteiger partial charge in [0.1, 0.15) is 0 Å². The minimum absolute atomic E-state index is 1.04. The van der Waals surface area contributed by atoms with Crippen molar-refractivity contribution in [3.05, 3.63) is 42.0 Å². The Morgan fingerprint density at radius 1 is 1.00 bits per heavy atom. The number of rotatable bonds is 0. The van der Waals surface area contributed by atoms with E-state index in [1.54, 1.807) is 0 Å². The summed E-state index contributed by atoms with van der Waals surface area (Å²) in [7, 11) is 0. The second-order valence-electron chi connectivity index (χ2n) is 3.80. The van der Waals surface area contributed by atoms with Crippen molar-refractivity contribution in [2.45, 2.75) is 11.8 Å². The molecule has 2 heteroatoms. The third-order valence-corrected chi connectivity index (χ3v) is 3.40. The number of nitrogens with one attached hydrogen (secondary N) is 1. The number of aromatic amines is 1. The number of fused-ring (bicyclic) bond motifs is 3. The molecular weight excluding hydrogens is 202 g/mol. The highest BCUT2D eigenvalue weighted by Crippen LogP contribution is 2.29. The summed E-state index contributed by atoms with van der Waals surface area (Å²) in [6, 6.07) is 12.6. The van der Waals surface area contributed by atoms with Crippen LogP contribution < -0.4 is 0 Å². The SMILES string of the molecule is Cc1c(S)ccc2c1[nH]c1ccccc12. The molecule has 0 spiro atoms. The number of hydrogen-bond donors (Lipinski definition) is 2. The number of para-hydroxylation sites is 1. The van der Waals surface area contributed by atoms with Crippen molar-refractivity contribution < 1.29 is 0 Å². The maximum atomic E-state index is 4.44. The zero-order valence-corrected chi connectivity index (χ0v) is 9.31. The summed E-state index contributed by atoms with van der Waals surface area (Å²) in [5.41, 5.74) is 3.60. The van der Waals surface area contributed by atoms with Crippen molar-refractivity contribution in [1.29, 1.82) is 0 Å². The zero-order valence-electron chi connectivity index (χ0n) is 8.41. The van der Waals surface area contributed by atoms with Gasteiger partial charge in [0, 0.05) is 21.2 Å². The molecule has 15 heavy (non-hydrogen) atoms. The second-order valence-corrected chi connectivity index (χ2v) is 4.28. The first-order valence-electron chi connectivity index (χ1n) is 4.96. The van der Waals surface area contributed by atoms with Gasteiger partial charge in [-0.3, -0.25) is 0 Å². The van der Waals surface area contributed by atoms with E-state index in [1.165, 1.54) is 27.4 Å². The Hall–Kier alpha value is -1.41. The summed E-state index contributed by atoms with van der Waals surface area (Å²) in [4.78, 5) is 4.47. The molecule has 3 rings (SSSR count). The largest absolute Gasteiger partial charge is 0.354 e. The van der Waals surface area contributed by atoms with Crippen LogP contribution in [0.15, 0.2) is 41.3 Å². The molecule has 0 aliphatic carbocycles. The van der Waals surface area contributed by atoms with E-state index < -0.39 is 0 Å². The summed E-state index contributed by atoms with van der Waals surface area (Å²) in [5, 5.41) is 2.56. The Morgan fingerprint density at radius 2 is 1.80 bits per heavy atom. The van der Waals surface area contributed by atoms with Crippen LogP contribution in [0.5, 0.6) is 0 Å². The first-order valence-corrected chi connectivity index (χ1v) is 5.41. The van der Waals surface area contributed by atoms with Gasteiger partial charge in [0.2, 0.25) is 0 Å². The van der Waals surface area contributed by atoms with Crippen LogP contribution in [0.4, 0.5) is 0 Å². The van der Waals surface area contributed by atoms with Crippen LogP contribution in [0, 0.1) is 6.92 Å². The van der Waals surface area contributed by atoms with Gasteiger partial charge in [0.15, 0.2) is 0 Å². The van der Waals surface area contributed by atoms with Gasteiger partial charge >= 0.3 is 0 Å². The molecule has 1 heterocycles. The third-order valence-electron chi connectivity index (χ3n) is 2.91. The van der Waals surface area contributed by atoms with Gasteiger partial charge in [-0.25, -0.2) is 0 Å². The van der Waals surface area contributed by atoms with Gasteiger partial charge in [0.05, 0.1) is 5.52 Å². The molecule has 1 nitrogen and oxygen atoms in total. The van der Waals surface area contributed by atoms with Crippen LogP contribution in [-0.2, 0) is 0 Å². The van der Waals surface area contributed by atoms with Crippen molar-refractivity contribution in [3.8, 4) is 0 Å². The first-order chi connectivity index (χ1) is 7.27. The van der Waals surface area contributed by atoms with Crippen LogP contribution in [0.3, 0.4) is 0 Å². The van der Waals surface area contributed by atoms with E-state index in [1.807, 2.05) is 0 Å². The molecule has 1 aromatic heterocycles. The number of aryl methyl sites for hydroxylation is 1. The fourth-order valence-corrected chi connectivity index (χ4v) is 2.23. The smallest absolute Gasteiger partial charge is 0.0505 e. The fourth-order valence-electron chi connectivity index (χ4n) is 2.05. The Balaban J connectivity index is 2.60. The normalized spacial score (nSPS) is 11.3. The standard InChI is InChI=1S/C13H11NS/c1-8-12(15)7-6-10-9-4-2-3-5-11(9)14-13(8)10/h2-7,14-15H,1H3. The molecule has 74 valence electrons. The highest BCUT2D eigenvalue weighted by atomic mass is 32.1. The predicted octanol–water partition coefficient (Wildman–Crippen LogP) is 3.92. The van der Waals surface area contributed by atoms with Crippen LogP contribution in [0.1, 0.15) is 5.56 Å². The lowest BCUT2D eigenvalue weighted by Crippen LogP contribution is -1.78. The summed E-state index contributed by atoms with van der Waals surface area (Å²) >= 11 is 4.44. The van der Waals surface area contributed by atoms with Crippen LogP contribution in [-0.4, -0.2) is 4.98 Å². The Labute approximate surface area is 93.5 Å². The average molecular weight is 213 g/mol. The lowest BCUT2D eigenvalue weighted by molar-refractivity contribution is 1.33. The van der Waals surface area contributed by atoms with Crippen molar-refractivity contribution in [3.63, 3.8) is 0 Å². The van der Waals surface area contributed by atoms with Gasteiger partial charge in [-0.1, -0.05) is 24.3 Å². The number of benzene rings is 2. The van der Waals surface area contributed by atoms with Gasteiger partial charge in [-0.15, -0.1) is 12.6 Å². The minimum atomic E-state index is 1.04. The van der Waals surface area contributed by atoms with E-state index in [0.29, 0.717) is 0 Å². The maximum Gasteiger partial charge on any atom is 0.0505 e. The van der Waals surface area contributed by atoms with E-state index >= 15 is 0 Å². The van der Waals surface area contributed by atoms with Crippen molar-refractivity contribution >= 4 is 34.4 Å². The molecule has 0 saturated heterocycles. The Morgan fingerprint density at radius 3 is 2.67 bits per heavy atom. The Bertz CT molecular complexity index is 652. The summed E-state index contributed by atoms with van der Waals surface area (Å²) < 4.78 is 0. The van der Waals surface area contributed by atoms with Gasteiger partial charge in [-0.2, -0.15) is 0 Å². The highest BCUT2D eigenvalue weighted by molar-refractivity contribution is 7.80. The zero-order chi connectivity index (χ0) is 10.4. The van der Waals surface area contributed by atoms with Crippen molar-refractivity contribution in [1.82, 2.24) is 4.98 Å². The third kappa shape index (κ3) is 1.18. The lowest BCUT2D eigenvalue weighted by Gasteiger charge is -1.99. The summed E-state index contributed by atoms with van der Waals surface area (Å²) in [5.74, 6) is 0. The van der Waals surface area contributed by atoms with E-state index in [-0.39, 0.29) is 0 Å². The fraction of sp³-hybridized carbons (Fsp3) is 0.0769. The molecule has 0 bridgehead atoms. The van der Waals surface area contributed by atoms with E-state index in [9.17, 15) is 0 Å². The van der Waals surface area contributed by atoms with E-state index in [2.05, 4.69) is 60.9 Å². The number of aromatic nitrogens is 1. The summed E-state index contributed by atoms with van der Waals surface area (Å²) in [6.45, 7) is 2.10. The molecule has 1 N–H and O–H groups in total. The van der Waals surface area contributed by atoms with E-state index in [4.69, 9.17) is 0 Å². The molecule has 0 atom stereocenters. The molecule has 0 fully saturated rings. The quantitative estimate of drug-likeness (QED) is 0.526. The van der Waals surface area contributed by atoms with Crippen molar-refractivity contribution in [2.75, 3.05) is 0 Å². The molecule has 0 aliphatic heterocycles. The molecule has 0 saturated carbocycles. The summed E-state index contributed by atoms with van der Waals surface area (Å²) in [6.07, 6.45) is 0. The Kier molecular flexibility index (Phi) is 1.80. The number of hydrogen-bond acceptors (Lipinski definition) is 1. The first kappa shape index (κ1) is 8.86. The molecule has 0 radical (unpaired) electrons. The van der Waals surface area contributed by atoms with Crippen molar-refractivity contribution in [2.24, 2.45) is 0 Å². The molecule has 0 amide bonds. The average Bonchev–Trinajstić information content (AvgIpc) is 2.63. The molecule has 3 aromatic rings. The van der Waals surface area contributed by atoms with E-state index in [0.717, 1.165) is 4.90 Å². The predicted molar refractivity (Wildman–Crippen MR) is 67.8 cm³/mol. The number of H-pyrrole nitrogens is 1. The van der Waals surface area contributed by atoms with Gasteiger partial charge in [0.25, 0.3) is 0 Å². The van der Waals surface area contributed by atoms with Gasteiger partial charge < -0.3 is 4.98 Å². The lowest BCUT2D eigenvalue weighted by atomic mass is 10.1. The second kappa shape index (κ2) is 3.04. The molecule has 0 unspecified atom stereocenters. The van der Waals surface area contributed by atoms with Crippen LogP contribution >= 0.6 is 12.6 Å². The number of thiol groups is 1. The molecular formula is C13H11NS.